The van der Waals surface area contributed by atoms with Crippen molar-refractivity contribution in [1.82, 2.24) is 5.32 Å². The molecule has 0 aromatic heterocycles. The standard InChI is InChI=1S/C15H25NO/c1-13(2)9-11-16-10-6-12-17-15-8-5-4-7-14(15)3/h4-5,7-8,13,16H,6,9-12H2,1-3H3. The molecule has 0 heterocycles. The molecule has 0 radical (unpaired) electrons. The van der Waals surface area contributed by atoms with Crippen LogP contribution >= 0.6 is 0 Å². The number of ether oxygens (including phenoxy) is 1. The molecule has 96 valence electrons. The Kier molecular flexibility index (Phi) is 6.71. The fourth-order valence-electron chi connectivity index (χ4n) is 1.61. The number of aryl methyl sites for hydroxylation is 1. The Morgan fingerprint density at radius 1 is 1.18 bits per heavy atom. The first kappa shape index (κ1) is 14.0. The van der Waals surface area contributed by atoms with Crippen molar-refractivity contribution in [3.05, 3.63) is 29.8 Å². The summed E-state index contributed by atoms with van der Waals surface area (Å²) in [7, 11) is 0. The van der Waals surface area contributed by atoms with Crippen LogP contribution in [0, 0.1) is 12.8 Å². The quantitative estimate of drug-likeness (QED) is 0.697. The third kappa shape index (κ3) is 6.32. The molecule has 1 aromatic carbocycles. The van der Waals surface area contributed by atoms with Crippen LogP contribution in [0.3, 0.4) is 0 Å². The summed E-state index contributed by atoms with van der Waals surface area (Å²) in [5, 5.41) is 3.44. The van der Waals surface area contributed by atoms with Crippen LogP contribution in [0.4, 0.5) is 0 Å². The minimum absolute atomic E-state index is 0.783. The van der Waals surface area contributed by atoms with Gasteiger partial charge in [-0.3, -0.25) is 0 Å². The van der Waals surface area contributed by atoms with Gasteiger partial charge < -0.3 is 10.1 Å². The van der Waals surface area contributed by atoms with Gasteiger partial charge in [-0.05, 0) is 50.4 Å². The van der Waals surface area contributed by atoms with Crippen LogP contribution in [0.1, 0.15) is 32.3 Å². The molecular weight excluding hydrogens is 210 g/mol. The van der Waals surface area contributed by atoms with Crippen molar-refractivity contribution in [3.63, 3.8) is 0 Å². The lowest BCUT2D eigenvalue weighted by Crippen LogP contribution is -2.19. The summed E-state index contributed by atoms with van der Waals surface area (Å²) in [5.41, 5.74) is 1.21. The molecule has 0 spiro atoms. The maximum absolute atomic E-state index is 5.72. The first-order valence-corrected chi connectivity index (χ1v) is 6.59. The molecule has 2 nitrogen and oxygen atoms in total. The largest absolute Gasteiger partial charge is 0.493 e. The lowest BCUT2D eigenvalue weighted by Gasteiger charge is -2.09. The molecule has 0 saturated heterocycles. The van der Waals surface area contributed by atoms with E-state index in [0.717, 1.165) is 37.8 Å². The zero-order valence-electron chi connectivity index (χ0n) is 11.3. The van der Waals surface area contributed by atoms with E-state index in [4.69, 9.17) is 4.74 Å². The highest BCUT2D eigenvalue weighted by molar-refractivity contribution is 5.31. The van der Waals surface area contributed by atoms with Crippen molar-refractivity contribution >= 4 is 0 Å². The predicted octanol–water partition coefficient (Wildman–Crippen LogP) is 3.40. The summed E-state index contributed by atoms with van der Waals surface area (Å²) in [6.45, 7) is 9.53. The molecule has 2 heteroatoms. The number of rotatable bonds is 8. The fraction of sp³-hybridized carbons (Fsp3) is 0.600. The Hall–Kier alpha value is -1.02. The van der Waals surface area contributed by atoms with Crippen molar-refractivity contribution in [2.24, 2.45) is 5.92 Å². The van der Waals surface area contributed by atoms with Crippen LogP contribution < -0.4 is 10.1 Å². The van der Waals surface area contributed by atoms with Crippen LogP contribution in [-0.4, -0.2) is 19.7 Å². The van der Waals surface area contributed by atoms with Crippen molar-refractivity contribution < 1.29 is 4.74 Å². The molecule has 0 aliphatic carbocycles. The van der Waals surface area contributed by atoms with E-state index in [1.54, 1.807) is 0 Å². The van der Waals surface area contributed by atoms with E-state index >= 15 is 0 Å². The third-order valence-electron chi connectivity index (χ3n) is 2.75. The van der Waals surface area contributed by atoms with E-state index in [-0.39, 0.29) is 0 Å². The minimum Gasteiger partial charge on any atom is -0.493 e. The van der Waals surface area contributed by atoms with Crippen LogP contribution in [0.2, 0.25) is 0 Å². The molecule has 0 aliphatic heterocycles. The molecule has 1 N–H and O–H groups in total. The van der Waals surface area contributed by atoms with Gasteiger partial charge in [0.1, 0.15) is 5.75 Å². The van der Waals surface area contributed by atoms with E-state index in [2.05, 4.69) is 32.2 Å². The maximum Gasteiger partial charge on any atom is 0.122 e. The molecule has 0 unspecified atom stereocenters. The molecule has 0 fully saturated rings. The van der Waals surface area contributed by atoms with Crippen molar-refractivity contribution in [2.45, 2.75) is 33.6 Å². The first-order chi connectivity index (χ1) is 8.20. The van der Waals surface area contributed by atoms with Gasteiger partial charge in [0.05, 0.1) is 6.61 Å². The average molecular weight is 235 g/mol. The highest BCUT2D eigenvalue weighted by Gasteiger charge is 1.97. The molecule has 0 bridgehead atoms. The van der Waals surface area contributed by atoms with E-state index in [9.17, 15) is 0 Å². The van der Waals surface area contributed by atoms with E-state index in [1.165, 1.54) is 12.0 Å². The van der Waals surface area contributed by atoms with Crippen LogP contribution in [0.5, 0.6) is 5.75 Å². The Balaban J connectivity index is 2.03. The van der Waals surface area contributed by atoms with Crippen LogP contribution in [0.25, 0.3) is 0 Å². The van der Waals surface area contributed by atoms with Gasteiger partial charge in [0.15, 0.2) is 0 Å². The zero-order chi connectivity index (χ0) is 12.5. The molecule has 0 amide bonds. The van der Waals surface area contributed by atoms with Gasteiger partial charge in [-0.1, -0.05) is 32.0 Å². The Morgan fingerprint density at radius 2 is 1.94 bits per heavy atom. The predicted molar refractivity (Wildman–Crippen MR) is 73.6 cm³/mol. The number of para-hydroxylation sites is 1. The average Bonchev–Trinajstić information content (AvgIpc) is 2.30. The van der Waals surface area contributed by atoms with Gasteiger partial charge in [-0.25, -0.2) is 0 Å². The number of hydrogen-bond acceptors (Lipinski definition) is 2. The van der Waals surface area contributed by atoms with Gasteiger partial charge in [0, 0.05) is 0 Å². The van der Waals surface area contributed by atoms with Gasteiger partial charge in [-0.15, -0.1) is 0 Å². The normalized spacial score (nSPS) is 10.8. The third-order valence-corrected chi connectivity index (χ3v) is 2.75. The van der Waals surface area contributed by atoms with Crippen LogP contribution in [-0.2, 0) is 0 Å². The molecular formula is C15H25NO. The second kappa shape index (κ2) is 8.13. The lowest BCUT2D eigenvalue weighted by atomic mass is 10.1. The second-order valence-electron chi connectivity index (χ2n) is 4.90. The van der Waals surface area contributed by atoms with Crippen molar-refractivity contribution in [2.75, 3.05) is 19.7 Å². The van der Waals surface area contributed by atoms with Gasteiger partial charge in [-0.2, -0.15) is 0 Å². The Labute approximate surface area is 105 Å². The SMILES string of the molecule is Cc1ccccc1OCCCNCCC(C)C. The maximum atomic E-state index is 5.72. The summed E-state index contributed by atoms with van der Waals surface area (Å²) >= 11 is 0. The lowest BCUT2D eigenvalue weighted by molar-refractivity contribution is 0.305. The summed E-state index contributed by atoms with van der Waals surface area (Å²) in [4.78, 5) is 0. The number of benzene rings is 1. The van der Waals surface area contributed by atoms with Crippen molar-refractivity contribution in [1.29, 1.82) is 0 Å². The summed E-state index contributed by atoms with van der Waals surface area (Å²) in [5.74, 6) is 1.79. The smallest absolute Gasteiger partial charge is 0.122 e. The molecule has 1 aromatic rings. The number of nitrogens with one attached hydrogen (secondary N) is 1. The minimum atomic E-state index is 0.783. The number of hydrogen-bond donors (Lipinski definition) is 1. The monoisotopic (exact) mass is 235 g/mol. The fourth-order valence-corrected chi connectivity index (χ4v) is 1.61. The highest BCUT2D eigenvalue weighted by atomic mass is 16.5. The van der Waals surface area contributed by atoms with Crippen LogP contribution in [0.15, 0.2) is 24.3 Å². The molecule has 1 rings (SSSR count). The topological polar surface area (TPSA) is 21.3 Å². The molecule has 17 heavy (non-hydrogen) atoms. The summed E-state index contributed by atoms with van der Waals surface area (Å²) in [6.07, 6.45) is 2.31. The van der Waals surface area contributed by atoms with Crippen molar-refractivity contribution in [3.8, 4) is 5.75 Å². The van der Waals surface area contributed by atoms with E-state index in [0.29, 0.717) is 0 Å². The molecule has 0 aliphatic rings. The first-order valence-electron chi connectivity index (χ1n) is 6.59. The van der Waals surface area contributed by atoms with Gasteiger partial charge >= 0.3 is 0 Å². The second-order valence-corrected chi connectivity index (χ2v) is 4.90. The Morgan fingerprint density at radius 3 is 2.65 bits per heavy atom. The summed E-state index contributed by atoms with van der Waals surface area (Å²) < 4.78 is 5.72. The van der Waals surface area contributed by atoms with Gasteiger partial charge in [0.25, 0.3) is 0 Å². The Bertz CT molecular complexity index is 310. The van der Waals surface area contributed by atoms with E-state index < -0.39 is 0 Å². The summed E-state index contributed by atoms with van der Waals surface area (Å²) in [6, 6.07) is 8.16. The highest BCUT2D eigenvalue weighted by Crippen LogP contribution is 2.15. The molecule has 0 saturated carbocycles. The molecule has 0 atom stereocenters. The van der Waals surface area contributed by atoms with Gasteiger partial charge in [0.2, 0.25) is 0 Å². The zero-order valence-corrected chi connectivity index (χ0v) is 11.3. The van der Waals surface area contributed by atoms with E-state index in [1.807, 2.05) is 18.2 Å².